The normalized spacial score (nSPS) is 19.4. The van der Waals surface area contributed by atoms with Crippen molar-refractivity contribution in [2.45, 2.75) is 37.6 Å². The molecule has 0 saturated heterocycles. The van der Waals surface area contributed by atoms with Crippen LogP contribution >= 0.6 is 11.6 Å². The summed E-state index contributed by atoms with van der Waals surface area (Å²) in [6.45, 7) is 0.580. The Bertz CT molecular complexity index is 1350. The van der Waals surface area contributed by atoms with Gasteiger partial charge in [-0.15, -0.1) is 0 Å². The number of nitrogens with one attached hydrogen (secondary N) is 2. The monoisotopic (exact) mass is 459 g/mol. The Morgan fingerprint density at radius 3 is 2.88 bits per heavy atom. The Morgan fingerprint density at radius 2 is 2.03 bits per heavy atom. The summed E-state index contributed by atoms with van der Waals surface area (Å²) in [5.41, 5.74) is 4.95. The maximum atomic E-state index is 12.7. The molecule has 2 aliphatic carbocycles. The lowest BCUT2D eigenvalue weighted by atomic mass is 10.2. The molecule has 2 atom stereocenters. The third-order valence-electron chi connectivity index (χ3n) is 6.22. The largest absolute Gasteiger partial charge is 0.379 e. The number of carbonyl (C=O) groups is 1. The molecule has 1 amide bonds. The lowest BCUT2D eigenvalue weighted by Crippen LogP contribution is -2.16. The van der Waals surface area contributed by atoms with E-state index in [0.29, 0.717) is 23.4 Å². The highest BCUT2D eigenvalue weighted by Crippen LogP contribution is 2.47. The second kappa shape index (κ2) is 8.12. The molecule has 6 rings (SSSR count). The van der Waals surface area contributed by atoms with Gasteiger partial charge in [-0.2, -0.15) is 0 Å². The second-order valence-corrected chi connectivity index (χ2v) is 9.11. The van der Waals surface area contributed by atoms with Crippen LogP contribution in [0.2, 0.25) is 5.15 Å². The van der Waals surface area contributed by atoms with Crippen LogP contribution in [0.4, 0.5) is 11.5 Å². The number of hydrogen-bond acceptors (Lipinski definition) is 6. The molecule has 0 aliphatic heterocycles. The first-order chi connectivity index (χ1) is 16.1. The van der Waals surface area contributed by atoms with E-state index >= 15 is 0 Å². The van der Waals surface area contributed by atoms with Crippen molar-refractivity contribution in [3.63, 3.8) is 0 Å². The highest BCUT2D eigenvalue weighted by atomic mass is 35.5. The Morgan fingerprint density at radius 1 is 1.12 bits per heavy atom. The minimum absolute atomic E-state index is 0.0637. The van der Waals surface area contributed by atoms with Crippen molar-refractivity contribution in [1.29, 1.82) is 0 Å². The van der Waals surface area contributed by atoms with Gasteiger partial charge in [-0.05, 0) is 48.9 Å². The number of imidazole rings is 1. The number of amides is 1. The van der Waals surface area contributed by atoms with E-state index in [9.17, 15) is 4.79 Å². The SMILES string of the molecule is O=C(Nc1cc(NCc2cn3cc(C4CC4)ccc3n2)ccn1)[C@H]1C[C@@H]1c1cc(Cl)ncn1. The van der Waals surface area contributed by atoms with Crippen LogP contribution < -0.4 is 10.6 Å². The molecule has 0 aromatic carbocycles. The van der Waals surface area contributed by atoms with Gasteiger partial charge in [0.15, 0.2) is 0 Å². The van der Waals surface area contributed by atoms with Gasteiger partial charge in [-0.1, -0.05) is 17.7 Å². The van der Waals surface area contributed by atoms with Crippen LogP contribution in [-0.2, 0) is 11.3 Å². The van der Waals surface area contributed by atoms with Crippen LogP contribution in [0.25, 0.3) is 5.65 Å². The molecular formula is C24H22ClN7O. The molecule has 4 heterocycles. The Labute approximate surface area is 195 Å². The summed E-state index contributed by atoms with van der Waals surface area (Å²) >= 11 is 5.94. The van der Waals surface area contributed by atoms with Crippen molar-refractivity contribution in [3.05, 3.63) is 77.4 Å². The van der Waals surface area contributed by atoms with E-state index in [2.05, 4.69) is 59.5 Å². The summed E-state index contributed by atoms with van der Waals surface area (Å²) in [6.07, 6.45) is 10.7. The van der Waals surface area contributed by atoms with Crippen LogP contribution in [0.5, 0.6) is 0 Å². The average molecular weight is 460 g/mol. The lowest BCUT2D eigenvalue weighted by Gasteiger charge is -2.08. The predicted octanol–water partition coefficient (Wildman–Crippen LogP) is 4.40. The minimum atomic E-state index is -0.132. The highest BCUT2D eigenvalue weighted by Gasteiger charge is 2.45. The van der Waals surface area contributed by atoms with Gasteiger partial charge in [-0.3, -0.25) is 4.79 Å². The molecule has 0 bridgehead atoms. The highest BCUT2D eigenvalue weighted by molar-refractivity contribution is 6.29. The summed E-state index contributed by atoms with van der Waals surface area (Å²) in [7, 11) is 0. The molecule has 2 fully saturated rings. The van der Waals surface area contributed by atoms with Gasteiger partial charge in [0.05, 0.1) is 12.2 Å². The van der Waals surface area contributed by atoms with Crippen molar-refractivity contribution in [2.24, 2.45) is 5.92 Å². The van der Waals surface area contributed by atoms with Gasteiger partial charge >= 0.3 is 0 Å². The first kappa shape index (κ1) is 20.1. The standard InChI is InChI=1S/C24H22ClN7O/c25-21-9-20(28-13-29-21)18-8-19(18)24(33)31-22-7-16(5-6-26-22)27-10-17-12-32-11-15(14-1-2-14)3-4-23(32)30-17/h3-7,9,11-14,18-19H,1-2,8,10H2,(H2,26,27,31,33)/t18-,19-/m0/s1. The first-order valence-corrected chi connectivity index (χ1v) is 11.5. The second-order valence-electron chi connectivity index (χ2n) is 8.72. The van der Waals surface area contributed by atoms with E-state index < -0.39 is 0 Å². The molecule has 0 spiro atoms. The molecule has 8 nitrogen and oxygen atoms in total. The number of anilines is 2. The molecule has 0 unspecified atom stereocenters. The van der Waals surface area contributed by atoms with Crippen molar-refractivity contribution in [1.82, 2.24) is 24.3 Å². The molecule has 4 aromatic heterocycles. The zero-order chi connectivity index (χ0) is 22.4. The number of hydrogen-bond donors (Lipinski definition) is 2. The number of fused-ring (bicyclic) bond motifs is 1. The number of halogens is 1. The van der Waals surface area contributed by atoms with Gasteiger partial charge in [0.25, 0.3) is 0 Å². The summed E-state index contributed by atoms with van der Waals surface area (Å²) < 4.78 is 2.10. The van der Waals surface area contributed by atoms with Crippen molar-refractivity contribution < 1.29 is 4.79 Å². The number of rotatable bonds is 7. The van der Waals surface area contributed by atoms with Gasteiger partial charge in [0.2, 0.25) is 5.91 Å². The molecule has 4 aromatic rings. The smallest absolute Gasteiger partial charge is 0.229 e. The Balaban J connectivity index is 1.08. The molecule has 33 heavy (non-hydrogen) atoms. The van der Waals surface area contributed by atoms with Gasteiger partial charge in [0, 0.05) is 47.9 Å². The van der Waals surface area contributed by atoms with Crippen molar-refractivity contribution >= 4 is 34.7 Å². The van der Waals surface area contributed by atoms with Gasteiger partial charge in [0.1, 0.15) is 22.9 Å². The topological polar surface area (TPSA) is 97.1 Å². The van der Waals surface area contributed by atoms with Gasteiger partial charge < -0.3 is 15.0 Å². The first-order valence-electron chi connectivity index (χ1n) is 11.1. The maximum Gasteiger partial charge on any atom is 0.229 e. The van der Waals surface area contributed by atoms with E-state index in [1.807, 2.05) is 12.1 Å². The Kier molecular flexibility index (Phi) is 4.95. The van der Waals surface area contributed by atoms with E-state index in [4.69, 9.17) is 11.6 Å². The third kappa shape index (κ3) is 4.39. The van der Waals surface area contributed by atoms with Crippen LogP contribution in [0.3, 0.4) is 0 Å². The van der Waals surface area contributed by atoms with E-state index in [-0.39, 0.29) is 17.7 Å². The van der Waals surface area contributed by atoms with Crippen LogP contribution in [0.1, 0.15) is 48.0 Å². The Hall–Kier alpha value is -3.52. The third-order valence-corrected chi connectivity index (χ3v) is 6.43. The number of pyridine rings is 2. The van der Waals surface area contributed by atoms with Crippen LogP contribution in [0, 0.1) is 5.92 Å². The predicted molar refractivity (Wildman–Crippen MR) is 125 cm³/mol. The molecular weight excluding hydrogens is 438 g/mol. The van der Waals surface area contributed by atoms with E-state index in [1.165, 1.54) is 24.7 Å². The quantitative estimate of drug-likeness (QED) is 0.397. The fraction of sp³-hybridized carbons (Fsp3) is 0.292. The molecule has 2 saturated carbocycles. The number of carbonyl (C=O) groups excluding carboxylic acids is 1. The van der Waals surface area contributed by atoms with Crippen molar-refractivity contribution in [2.75, 3.05) is 10.6 Å². The fourth-order valence-electron chi connectivity index (χ4n) is 4.19. The average Bonchev–Trinajstić information content (AvgIpc) is 3.74. The molecule has 2 N–H and O–H groups in total. The molecule has 0 radical (unpaired) electrons. The lowest BCUT2D eigenvalue weighted by molar-refractivity contribution is -0.117. The maximum absolute atomic E-state index is 12.7. The zero-order valence-corrected chi connectivity index (χ0v) is 18.5. The zero-order valence-electron chi connectivity index (χ0n) is 17.8. The minimum Gasteiger partial charge on any atom is -0.379 e. The summed E-state index contributed by atoms with van der Waals surface area (Å²) in [6, 6.07) is 9.68. The summed E-state index contributed by atoms with van der Waals surface area (Å²) in [4.78, 5) is 29.8. The molecule has 2 aliphatic rings. The molecule has 166 valence electrons. The van der Waals surface area contributed by atoms with Gasteiger partial charge in [-0.25, -0.2) is 19.9 Å². The van der Waals surface area contributed by atoms with E-state index in [0.717, 1.165) is 29.1 Å². The number of aromatic nitrogens is 5. The van der Waals surface area contributed by atoms with Crippen LogP contribution in [0.15, 0.2) is 55.2 Å². The van der Waals surface area contributed by atoms with Crippen molar-refractivity contribution in [3.8, 4) is 0 Å². The summed E-state index contributed by atoms with van der Waals surface area (Å²) in [5.74, 6) is 1.11. The van der Waals surface area contributed by atoms with Crippen LogP contribution in [-0.4, -0.2) is 30.2 Å². The number of nitrogens with zero attached hydrogens (tertiary/aromatic N) is 5. The summed E-state index contributed by atoms with van der Waals surface area (Å²) in [5, 5.41) is 6.68. The molecule has 9 heteroatoms. The fourth-order valence-corrected chi connectivity index (χ4v) is 4.34. The van der Waals surface area contributed by atoms with E-state index in [1.54, 1.807) is 12.3 Å².